The predicted octanol–water partition coefficient (Wildman–Crippen LogP) is 4.33. The molecular weight excluding hydrogens is 247 g/mol. The van der Waals surface area contributed by atoms with E-state index in [4.69, 9.17) is 0 Å². The fourth-order valence-electron chi connectivity index (χ4n) is 1.19. The number of rotatable bonds is 2. The summed E-state index contributed by atoms with van der Waals surface area (Å²) in [5, 5.41) is 3.55. The Hall–Kier alpha value is -1.58. The summed E-state index contributed by atoms with van der Waals surface area (Å²) >= 11 is 0. The van der Waals surface area contributed by atoms with Crippen LogP contribution in [0.4, 0.5) is 0 Å². The average Bonchev–Trinajstić information content (AvgIpc) is 3.06. The lowest BCUT2D eigenvalue weighted by Gasteiger charge is -1.98. The van der Waals surface area contributed by atoms with E-state index in [1.807, 2.05) is 40.7 Å². The minimum Gasteiger partial charge on any atom is -0.343 e. The lowest BCUT2D eigenvalue weighted by molar-refractivity contribution is 0.410. The molecule has 4 heteroatoms. The quantitative estimate of drug-likeness (QED) is 0.766. The molecule has 0 radical (unpaired) electrons. The Morgan fingerprint density at radius 2 is 1.55 bits per heavy atom. The Morgan fingerprint density at radius 1 is 1.00 bits per heavy atom. The second-order valence-corrected chi connectivity index (χ2v) is 3.77. The molecule has 1 aromatic heterocycles. The normalized spacial score (nSPS) is 7.95. The van der Waals surface area contributed by atoms with Crippen molar-refractivity contribution in [2.45, 2.75) is 54.7 Å². The molecule has 1 heterocycles. The van der Waals surface area contributed by atoms with Crippen LogP contribution in [0.5, 0.6) is 0 Å². The molecular formula is C16H29BN2O. The molecule has 0 spiro atoms. The topological polar surface area (TPSA) is 38.9 Å². The van der Waals surface area contributed by atoms with Gasteiger partial charge in [-0.2, -0.15) is 4.98 Å². The first-order chi connectivity index (χ1) is 9.74. The van der Waals surface area contributed by atoms with Gasteiger partial charge in [0.2, 0.25) is 6.39 Å². The highest BCUT2D eigenvalue weighted by atomic mass is 16.5. The number of aromatic nitrogens is 2. The summed E-state index contributed by atoms with van der Waals surface area (Å²) in [4.78, 5) is 3.76. The van der Waals surface area contributed by atoms with E-state index < -0.39 is 0 Å². The van der Waals surface area contributed by atoms with Crippen LogP contribution in [0.15, 0.2) is 41.2 Å². The van der Waals surface area contributed by atoms with E-state index in [0.29, 0.717) is 6.71 Å². The first kappa shape index (κ1) is 20.7. The lowest BCUT2D eigenvalue weighted by atomic mass is 9.49. The minimum absolute atomic E-state index is 0.659. The molecule has 0 amide bonds. The number of nitrogens with zero attached hydrogens (tertiary/aromatic N) is 2. The minimum atomic E-state index is 0.659. The Labute approximate surface area is 124 Å². The number of aryl methyl sites for hydroxylation is 1. The zero-order valence-electron chi connectivity index (χ0n) is 14.1. The highest BCUT2D eigenvalue weighted by Gasteiger charge is 1.98. The van der Waals surface area contributed by atoms with Crippen LogP contribution < -0.4 is 5.46 Å². The third-order valence-corrected chi connectivity index (χ3v) is 2.19. The molecule has 0 bridgehead atoms. The van der Waals surface area contributed by atoms with Crippen molar-refractivity contribution in [3.8, 4) is 0 Å². The zero-order chi connectivity index (χ0) is 15.8. The maximum Gasteiger partial charge on any atom is 0.213 e. The zero-order valence-corrected chi connectivity index (χ0v) is 14.1. The fourth-order valence-corrected chi connectivity index (χ4v) is 1.19. The number of hydrogen-bond acceptors (Lipinski definition) is 3. The molecule has 0 aliphatic rings. The summed E-state index contributed by atoms with van der Waals surface area (Å²) in [6.07, 6.45) is 2.18. The molecule has 112 valence electrons. The number of hydrogen-bond donors (Lipinski definition) is 0. The van der Waals surface area contributed by atoms with Crippen LogP contribution in [-0.2, 0) is 6.42 Å². The van der Waals surface area contributed by atoms with Gasteiger partial charge in [0.15, 0.2) is 12.5 Å². The highest BCUT2D eigenvalue weighted by molar-refractivity contribution is 6.70. The average molecular weight is 276 g/mol. The molecule has 0 aliphatic carbocycles. The van der Waals surface area contributed by atoms with Gasteiger partial charge in [0, 0.05) is 6.42 Å². The van der Waals surface area contributed by atoms with Crippen molar-refractivity contribution < 1.29 is 4.52 Å². The molecule has 3 nitrogen and oxygen atoms in total. The molecule has 0 unspecified atom stereocenters. The van der Waals surface area contributed by atoms with Gasteiger partial charge >= 0.3 is 0 Å². The van der Waals surface area contributed by atoms with Crippen LogP contribution in [0.2, 0.25) is 13.6 Å². The van der Waals surface area contributed by atoms with Gasteiger partial charge in [0.25, 0.3) is 0 Å². The lowest BCUT2D eigenvalue weighted by Crippen LogP contribution is -2.21. The molecule has 1 aromatic carbocycles. The van der Waals surface area contributed by atoms with E-state index in [-0.39, 0.29) is 0 Å². The largest absolute Gasteiger partial charge is 0.343 e. The summed E-state index contributed by atoms with van der Waals surface area (Å²) < 4.78 is 4.44. The molecule has 0 N–H and O–H groups in total. The van der Waals surface area contributed by atoms with Gasteiger partial charge in [-0.25, -0.2) is 0 Å². The van der Waals surface area contributed by atoms with Crippen molar-refractivity contribution in [2.75, 3.05) is 0 Å². The first-order valence-corrected chi connectivity index (χ1v) is 7.54. The van der Waals surface area contributed by atoms with E-state index in [9.17, 15) is 0 Å². The summed E-state index contributed by atoms with van der Waals surface area (Å²) in [5.41, 5.74) is 1.41. The Kier molecular flexibility index (Phi) is 16.1. The second-order valence-electron chi connectivity index (χ2n) is 3.77. The van der Waals surface area contributed by atoms with E-state index in [2.05, 4.69) is 52.6 Å². The van der Waals surface area contributed by atoms with Crippen LogP contribution in [0.1, 0.15) is 40.4 Å². The van der Waals surface area contributed by atoms with Gasteiger partial charge in [-0.3, -0.25) is 0 Å². The molecule has 2 rings (SSSR count). The summed E-state index contributed by atoms with van der Waals surface area (Å²) in [6, 6.07) is 10.5. The summed E-state index contributed by atoms with van der Waals surface area (Å²) in [7, 11) is 0. The van der Waals surface area contributed by atoms with Crippen molar-refractivity contribution in [1.29, 1.82) is 0 Å². The van der Waals surface area contributed by atoms with Crippen LogP contribution in [-0.4, -0.2) is 16.9 Å². The van der Waals surface area contributed by atoms with Gasteiger partial charge in [-0.05, 0) is 0 Å². The Morgan fingerprint density at radius 3 is 1.80 bits per heavy atom. The SMILES string of the molecule is CB(C)c1ccccc1.CC.CC.CCc1ncon1. The van der Waals surface area contributed by atoms with Crippen LogP contribution >= 0.6 is 0 Å². The molecule has 2 aromatic rings. The third kappa shape index (κ3) is 10.4. The first-order valence-electron chi connectivity index (χ1n) is 7.54. The Bertz CT molecular complexity index is 375. The van der Waals surface area contributed by atoms with Gasteiger partial charge < -0.3 is 4.52 Å². The smallest absolute Gasteiger partial charge is 0.213 e. The number of benzene rings is 1. The summed E-state index contributed by atoms with van der Waals surface area (Å²) in [5.74, 6) is 0.764. The van der Waals surface area contributed by atoms with Gasteiger partial charge in [0.1, 0.15) is 0 Å². The van der Waals surface area contributed by atoms with E-state index in [1.54, 1.807) is 0 Å². The maximum atomic E-state index is 4.44. The third-order valence-electron chi connectivity index (χ3n) is 2.19. The maximum absolute atomic E-state index is 4.44. The van der Waals surface area contributed by atoms with E-state index >= 15 is 0 Å². The van der Waals surface area contributed by atoms with Crippen molar-refractivity contribution >= 4 is 12.2 Å². The van der Waals surface area contributed by atoms with Crippen molar-refractivity contribution in [1.82, 2.24) is 10.1 Å². The van der Waals surface area contributed by atoms with Gasteiger partial charge in [-0.15, -0.1) is 0 Å². The van der Waals surface area contributed by atoms with Crippen LogP contribution in [0.25, 0.3) is 0 Å². The summed E-state index contributed by atoms with van der Waals surface area (Å²) in [6.45, 7) is 15.0. The highest BCUT2D eigenvalue weighted by Crippen LogP contribution is 1.86. The van der Waals surface area contributed by atoms with Crippen molar-refractivity contribution in [2.24, 2.45) is 0 Å². The predicted molar refractivity (Wildman–Crippen MR) is 89.9 cm³/mol. The monoisotopic (exact) mass is 276 g/mol. The second kappa shape index (κ2) is 15.5. The standard InChI is InChI=1S/C8H11B.C4H6N2O.2C2H6/c1-9(2)8-6-4-3-5-7-8;1-2-4-5-3-7-6-4;2*1-2/h3-7H,1-2H3;3H,2H2,1H3;2*1-2H3. The molecule has 0 fully saturated rings. The fraction of sp³-hybridized carbons (Fsp3) is 0.500. The molecule has 0 saturated heterocycles. The van der Waals surface area contributed by atoms with Crippen molar-refractivity contribution in [3.05, 3.63) is 42.5 Å². The molecule has 0 saturated carbocycles. The van der Waals surface area contributed by atoms with E-state index in [0.717, 1.165) is 12.2 Å². The van der Waals surface area contributed by atoms with Gasteiger partial charge in [-0.1, -0.05) is 89.2 Å². The van der Waals surface area contributed by atoms with Crippen LogP contribution in [0.3, 0.4) is 0 Å². The van der Waals surface area contributed by atoms with Gasteiger partial charge in [0.05, 0.1) is 0 Å². The molecule has 20 heavy (non-hydrogen) atoms. The Balaban J connectivity index is 0. The van der Waals surface area contributed by atoms with Crippen molar-refractivity contribution in [3.63, 3.8) is 0 Å². The molecule has 0 atom stereocenters. The van der Waals surface area contributed by atoms with E-state index in [1.165, 1.54) is 11.9 Å². The molecule has 0 aliphatic heterocycles. The van der Waals surface area contributed by atoms with Crippen LogP contribution in [0, 0.1) is 0 Å².